The minimum absolute atomic E-state index is 0.788. The normalized spacial score (nSPS) is 42.4. The fourth-order valence-corrected chi connectivity index (χ4v) is 63.3. The van der Waals surface area contributed by atoms with Crippen LogP contribution in [0.1, 0.15) is 43.6 Å². The lowest BCUT2D eigenvalue weighted by molar-refractivity contribution is -0.0480. The van der Waals surface area contributed by atoms with Crippen LogP contribution in [0.4, 0.5) is 0 Å². The molecule has 1 aromatic carbocycles. The van der Waals surface area contributed by atoms with E-state index in [0.29, 0.717) is 0 Å². The van der Waals surface area contributed by atoms with E-state index in [4.69, 9.17) is 0 Å². The summed E-state index contributed by atoms with van der Waals surface area (Å²) in [6, 6.07) is 13.5. The predicted octanol–water partition coefficient (Wildman–Crippen LogP) is 7.26. The predicted molar refractivity (Wildman–Crippen MR) is 126 cm³/mol. The third-order valence-electron chi connectivity index (χ3n) is 10.1. The van der Waals surface area contributed by atoms with Gasteiger partial charge in [0.15, 0.2) is 0 Å². The van der Waals surface area contributed by atoms with Crippen molar-refractivity contribution in [1.82, 2.24) is 0 Å². The standard InChI is InChI=1S/C24H40Si3/c1-25(2,3)27(26(4,5)6)17-23(20-10-8-7-9-11-20)24(27)21-13-18-12-19(15-21)16-22(24)14-18/h7-11,18-19,21-23H,12-17H2,1-6H3. The molecule has 148 valence electrons. The van der Waals surface area contributed by atoms with Gasteiger partial charge in [0.05, 0.1) is 7.11 Å². The molecule has 0 amide bonds. The van der Waals surface area contributed by atoms with E-state index in [9.17, 15) is 0 Å². The number of hydrogen-bond donors (Lipinski definition) is 0. The Morgan fingerprint density at radius 1 is 0.741 bits per heavy atom. The second-order valence-electron chi connectivity index (χ2n) is 12.8. The summed E-state index contributed by atoms with van der Waals surface area (Å²) in [4.78, 5) is 0. The molecule has 0 N–H and O–H groups in total. The second kappa shape index (κ2) is 5.72. The molecule has 1 saturated heterocycles. The summed E-state index contributed by atoms with van der Waals surface area (Å²) in [5.74, 6) is 5.31. The molecule has 1 unspecified atom stereocenters. The first kappa shape index (κ1) is 18.9. The van der Waals surface area contributed by atoms with Crippen LogP contribution in [-0.2, 0) is 0 Å². The van der Waals surface area contributed by atoms with Crippen molar-refractivity contribution in [1.29, 1.82) is 0 Å². The third-order valence-corrected chi connectivity index (χ3v) is 51.5. The molecule has 4 saturated carbocycles. The Balaban J connectivity index is 1.73. The smallest absolute Gasteiger partial charge is 0.0502 e. The van der Waals surface area contributed by atoms with Gasteiger partial charge in [-0.15, -0.1) is 0 Å². The van der Waals surface area contributed by atoms with Crippen LogP contribution in [0.3, 0.4) is 0 Å². The van der Waals surface area contributed by atoms with E-state index in [2.05, 4.69) is 69.6 Å². The van der Waals surface area contributed by atoms with Crippen LogP contribution >= 0.6 is 0 Å². The van der Waals surface area contributed by atoms with Crippen LogP contribution in [0.2, 0.25) is 50.4 Å². The van der Waals surface area contributed by atoms with Gasteiger partial charge in [-0.05, 0) is 72.3 Å². The van der Waals surface area contributed by atoms with Crippen LogP contribution < -0.4 is 0 Å². The number of hydrogen-bond acceptors (Lipinski definition) is 0. The topological polar surface area (TPSA) is 0 Å². The molecule has 3 heteroatoms. The molecule has 1 aromatic rings. The van der Waals surface area contributed by atoms with Gasteiger partial charge in [-0.3, -0.25) is 0 Å². The van der Waals surface area contributed by atoms with E-state index in [-0.39, 0.29) is 0 Å². The molecule has 0 aromatic heterocycles. The lowest BCUT2D eigenvalue weighted by Gasteiger charge is -2.81. The fourth-order valence-electron chi connectivity index (χ4n) is 10.2. The van der Waals surface area contributed by atoms with Gasteiger partial charge in [0.2, 0.25) is 0 Å². The van der Waals surface area contributed by atoms with Gasteiger partial charge in [-0.2, -0.15) is 0 Å². The monoisotopic (exact) mass is 412 g/mol. The Morgan fingerprint density at radius 3 is 1.67 bits per heavy atom. The summed E-state index contributed by atoms with van der Waals surface area (Å²) in [6.45, 7) is 16.9. The highest BCUT2D eigenvalue weighted by Gasteiger charge is 2.80. The average molecular weight is 413 g/mol. The quantitative estimate of drug-likeness (QED) is 0.458. The van der Waals surface area contributed by atoms with Crippen molar-refractivity contribution in [2.24, 2.45) is 23.7 Å². The molecule has 6 rings (SSSR count). The Kier molecular flexibility index (Phi) is 4.00. The molecule has 0 radical (unpaired) electrons. The molecule has 4 aliphatic carbocycles. The van der Waals surface area contributed by atoms with Gasteiger partial charge in [-0.1, -0.05) is 75.7 Å². The molecule has 1 aliphatic heterocycles. The highest BCUT2D eigenvalue weighted by Crippen LogP contribution is 2.83. The highest BCUT2D eigenvalue weighted by atomic mass is 29.6. The maximum atomic E-state index is 2.81. The molecule has 1 heterocycles. The first-order chi connectivity index (χ1) is 12.6. The maximum absolute atomic E-state index is 2.81. The summed E-state index contributed by atoms with van der Waals surface area (Å²) in [5.41, 5.74) is 1.73. The van der Waals surface area contributed by atoms with Crippen LogP contribution in [0.5, 0.6) is 0 Å². The SMILES string of the molecule is C[Si](C)(C)[Si]1([Si](C)(C)C)CC(c2ccccc2)C12C1CC3CC(C1)CC2C3. The van der Waals surface area contributed by atoms with Crippen molar-refractivity contribution in [3.8, 4) is 0 Å². The molecule has 1 atom stereocenters. The van der Waals surface area contributed by atoms with E-state index in [1.165, 1.54) is 0 Å². The summed E-state index contributed by atoms with van der Waals surface area (Å²) < 4.78 is 0. The maximum Gasteiger partial charge on any atom is 0.0502 e. The summed E-state index contributed by atoms with van der Waals surface area (Å²) in [7, 11) is -3.60. The van der Waals surface area contributed by atoms with Crippen molar-refractivity contribution in [3.05, 3.63) is 35.9 Å². The van der Waals surface area contributed by atoms with Crippen molar-refractivity contribution in [2.75, 3.05) is 0 Å². The lowest BCUT2D eigenvalue weighted by atomic mass is 9.48. The molecular formula is C24H40Si3. The number of benzene rings is 1. The van der Waals surface area contributed by atoms with E-state index in [1.807, 2.05) is 0 Å². The van der Waals surface area contributed by atoms with Gasteiger partial charge >= 0.3 is 0 Å². The molecular weight excluding hydrogens is 373 g/mol. The molecule has 27 heavy (non-hydrogen) atoms. The summed E-state index contributed by atoms with van der Waals surface area (Å²) in [6.07, 6.45) is 8.04. The average Bonchev–Trinajstić information content (AvgIpc) is 2.51. The summed E-state index contributed by atoms with van der Waals surface area (Å²) in [5, 5.41) is 0.788. The second-order valence-corrected chi connectivity index (χ2v) is 40.5. The van der Waals surface area contributed by atoms with Crippen LogP contribution in [0, 0.1) is 23.7 Å². The van der Waals surface area contributed by atoms with E-state index < -0.39 is 22.3 Å². The van der Waals surface area contributed by atoms with E-state index in [0.717, 1.165) is 34.6 Å². The van der Waals surface area contributed by atoms with Crippen molar-refractivity contribution in [2.45, 2.75) is 88.4 Å². The lowest BCUT2D eigenvalue weighted by Crippen LogP contribution is -2.87. The largest absolute Gasteiger partial charge is 0.0716 e. The Labute approximate surface area is 170 Å². The zero-order chi connectivity index (χ0) is 19.2. The minimum Gasteiger partial charge on any atom is -0.0716 e. The number of rotatable bonds is 3. The Bertz CT molecular complexity index is 682. The Hall–Kier alpha value is -0.129. The zero-order valence-corrected chi connectivity index (χ0v) is 21.5. The van der Waals surface area contributed by atoms with Gasteiger partial charge in [0.1, 0.15) is 0 Å². The first-order valence-corrected chi connectivity index (χ1v) is 22.9. The zero-order valence-electron chi connectivity index (χ0n) is 18.5. The van der Waals surface area contributed by atoms with Crippen LogP contribution in [-0.4, -0.2) is 22.3 Å². The highest BCUT2D eigenvalue weighted by molar-refractivity contribution is 7.70. The van der Waals surface area contributed by atoms with Crippen molar-refractivity contribution < 1.29 is 0 Å². The molecule has 4 bridgehead atoms. The Morgan fingerprint density at radius 2 is 1.22 bits per heavy atom. The van der Waals surface area contributed by atoms with Gasteiger partial charge in [0.25, 0.3) is 0 Å². The summed E-state index contributed by atoms with van der Waals surface area (Å²) >= 11 is 0. The van der Waals surface area contributed by atoms with Gasteiger partial charge < -0.3 is 0 Å². The van der Waals surface area contributed by atoms with Crippen molar-refractivity contribution in [3.63, 3.8) is 0 Å². The van der Waals surface area contributed by atoms with Crippen molar-refractivity contribution >= 4 is 22.3 Å². The minimum atomic E-state index is -1.27. The molecule has 0 nitrogen and oxygen atoms in total. The van der Waals surface area contributed by atoms with Crippen LogP contribution in [0.15, 0.2) is 30.3 Å². The van der Waals surface area contributed by atoms with Gasteiger partial charge in [0, 0.05) is 15.2 Å². The molecule has 1 spiro atoms. The first-order valence-electron chi connectivity index (χ1n) is 11.7. The van der Waals surface area contributed by atoms with Gasteiger partial charge in [-0.25, -0.2) is 0 Å². The molecule has 5 aliphatic rings. The van der Waals surface area contributed by atoms with E-state index in [1.54, 1.807) is 43.7 Å². The van der Waals surface area contributed by atoms with E-state index >= 15 is 0 Å². The fraction of sp³-hybridized carbons (Fsp3) is 0.750. The van der Waals surface area contributed by atoms with Crippen LogP contribution in [0.25, 0.3) is 0 Å². The molecule has 5 fully saturated rings. The third kappa shape index (κ3) is 2.20.